The SMILES string of the molecule is CC(=O)OC1=C2CCCCC2(C)CCC1. The van der Waals surface area contributed by atoms with Gasteiger partial charge in [-0.25, -0.2) is 0 Å². The average molecular weight is 208 g/mol. The number of hydrogen-bond acceptors (Lipinski definition) is 2. The predicted molar refractivity (Wildman–Crippen MR) is 59.2 cm³/mol. The fourth-order valence-corrected chi connectivity index (χ4v) is 3.10. The number of rotatable bonds is 1. The van der Waals surface area contributed by atoms with Crippen LogP contribution in [0.2, 0.25) is 0 Å². The van der Waals surface area contributed by atoms with Crippen molar-refractivity contribution in [3.05, 3.63) is 11.3 Å². The first-order valence-corrected chi connectivity index (χ1v) is 6.03. The van der Waals surface area contributed by atoms with Gasteiger partial charge < -0.3 is 4.74 Å². The first kappa shape index (κ1) is 10.7. The Labute approximate surface area is 91.7 Å². The first-order chi connectivity index (χ1) is 7.12. The van der Waals surface area contributed by atoms with Gasteiger partial charge >= 0.3 is 5.97 Å². The lowest BCUT2D eigenvalue weighted by Crippen LogP contribution is -2.28. The van der Waals surface area contributed by atoms with Crippen molar-refractivity contribution < 1.29 is 9.53 Å². The highest BCUT2D eigenvalue weighted by molar-refractivity contribution is 5.67. The van der Waals surface area contributed by atoms with Gasteiger partial charge in [0.05, 0.1) is 0 Å². The van der Waals surface area contributed by atoms with Crippen molar-refractivity contribution in [3.8, 4) is 0 Å². The van der Waals surface area contributed by atoms with E-state index >= 15 is 0 Å². The highest BCUT2D eigenvalue weighted by Crippen LogP contribution is 2.49. The van der Waals surface area contributed by atoms with Gasteiger partial charge in [-0.3, -0.25) is 4.79 Å². The summed E-state index contributed by atoms with van der Waals surface area (Å²) in [6.45, 7) is 3.84. The Hall–Kier alpha value is -0.790. The molecule has 0 heterocycles. The third-order valence-electron chi connectivity index (χ3n) is 3.87. The average Bonchev–Trinajstić information content (AvgIpc) is 2.16. The van der Waals surface area contributed by atoms with Crippen molar-refractivity contribution in [3.63, 3.8) is 0 Å². The lowest BCUT2D eigenvalue weighted by molar-refractivity contribution is -0.137. The summed E-state index contributed by atoms with van der Waals surface area (Å²) >= 11 is 0. The molecule has 0 amide bonds. The van der Waals surface area contributed by atoms with Crippen molar-refractivity contribution >= 4 is 5.97 Å². The first-order valence-electron chi connectivity index (χ1n) is 6.03. The highest BCUT2D eigenvalue weighted by atomic mass is 16.5. The fraction of sp³-hybridized carbons (Fsp3) is 0.769. The lowest BCUT2D eigenvalue weighted by atomic mass is 9.65. The second-order valence-electron chi connectivity index (χ2n) is 5.12. The molecule has 0 saturated heterocycles. The molecule has 2 aliphatic carbocycles. The van der Waals surface area contributed by atoms with E-state index in [4.69, 9.17) is 4.74 Å². The number of carbonyl (C=O) groups is 1. The largest absolute Gasteiger partial charge is 0.431 e. The molecule has 0 aromatic carbocycles. The summed E-state index contributed by atoms with van der Waals surface area (Å²) < 4.78 is 5.37. The molecule has 2 rings (SSSR count). The monoisotopic (exact) mass is 208 g/mol. The van der Waals surface area contributed by atoms with Crippen molar-refractivity contribution in [2.24, 2.45) is 5.41 Å². The van der Waals surface area contributed by atoms with E-state index < -0.39 is 0 Å². The molecule has 1 atom stereocenters. The predicted octanol–water partition coefficient (Wildman–Crippen LogP) is 3.57. The molecule has 2 nitrogen and oxygen atoms in total. The highest BCUT2D eigenvalue weighted by Gasteiger charge is 2.36. The van der Waals surface area contributed by atoms with Crippen LogP contribution in [0.25, 0.3) is 0 Å². The summed E-state index contributed by atoms with van der Waals surface area (Å²) in [7, 11) is 0. The minimum atomic E-state index is -0.160. The molecule has 2 heteroatoms. The van der Waals surface area contributed by atoms with Crippen LogP contribution in [0.1, 0.15) is 58.8 Å². The third-order valence-corrected chi connectivity index (χ3v) is 3.87. The molecule has 1 fully saturated rings. The van der Waals surface area contributed by atoms with Crippen molar-refractivity contribution in [2.45, 2.75) is 58.8 Å². The maximum atomic E-state index is 11.0. The summed E-state index contributed by atoms with van der Waals surface area (Å²) in [5, 5.41) is 0. The van der Waals surface area contributed by atoms with Gasteiger partial charge in [0.25, 0.3) is 0 Å². The number of allylic oxidation sites excluding steroid dienone is 2. The molecule has 1 unspecified atom stereocenters. The van der Waals surface area contributed by atoms with Crippen molar-refractivity contribution in [1.82, 2.24) is 0 Å². The van der Waals surface area contributed by atoms with Gasteiger partial charge in [0, 0.05) is 13.3 Å². The van der Waals surface area contributed by atoms with E-state index in [9.17, 15) is 4.79 Å². The zero-order valence-electron chi connectivity index (χ0n) is 9.77. The van der Waals surface area contributed by atoms with E-state index in [1.807, 2.05) is 0 Å². The van der Waals surface area contributed by atoms with Crippen LogP contribution in [-0.4, -0.2) is 5.97 Å². The Morgan fingerprint density at radius 3 is 2.67 bits per heavy atom. The van der Waals surface area contributed by atoms with Gasteiger partial charge in [0.1, 0.15) is 5.76 Å². The van der Waals surface area contributed by atoms with Crippen molar-refractivity contribution in [2.75, 3.05) is 0 Å². The van der Waals surface area contributed by atoms with Gasteiger partial charge in [-0.2, -0.15) is 0 Å². The van der Waals surface area contributed by atoms with Crippen LogP contribution in [0.5, 0.6) is 0 Å². The molecular formula is C13H20O2. The van der Waals surface area contributed by atoms with E-state index in [1.54, 1.807) is 0 Å². The minimum Gasteiger partial charge on any atom is -0.431 e. The van der Waals surface area contributed by atoms with Crippen LogP contribution in [0, 0.1) is 5.41 Å². The van der Waals surface area contributed by atoms with Gasteiger partial charge in [0.15, 0.2) is 0 Å². The molecule has 1 saturated carbocycles. The van der Waals surface area contributed by atoms with E-state index in [2.05, 4.69) is 6.92 Å². The summed E-state index contributed by atoms with van der Waals surface area (Å²) in [5.41, 5.74) is 1.77. The second kappa shape index (κ2) is 3.99. The van der Waals surface area contributed by atoms with Crippen LogP contribution in [-0.2, 0) is 9.53 Å². The van der Waals surface area contributed by atoms with Crippen LogP contribution in [0.4, 0.5) is 0 Å². The number of fused-ring (bicyclic) bond motifs is 1. The maximum absolute atomic E-state index is 11.0. The summed E-state index contributed by atoms with van der Waals surface area (Å²) in [6.07, 6.45) is 8.40. The topological polar surface area (TPSA) is 26.3 Å². The van der Waals surface area contributed by atoms with Crippen LogP contribution in [0.15, 0.2) is 11.3 Å². The molecule has 0 aliphatic heterocycles. The number of carbonyl (C=O) groups excluding carboxylic acids is 1. The Kier molecular flexibility index (Phi) is 2.85. The number of hydrogen-bond donors (Lipinski definition) is 0. The Bertz CT molecular complexity index is 304. The Morgan fingerprint density at radius 1 is 1.20 bits per heavy atom. The second-order valence-corrected chi connectivity index (χ2v) is 5.12. The number of ether oxygens (including phenoxy) is 1. The normalized spacial score (nSPS) is 31.1. The third kappa shape index (κ3) is 2.09. The maximum Gasteiger partial charge on any atom is 0.307 e. The fourth-order valence-electron chi connectivity index (χ4n) is 3.10. The molecule has 0 aromatic heterocycles. The molecule has 15 heavy (non-hydrogen) atoms. The smallest absolute Gasteiger partial charge is 0.307 e. The van der Waals surface area contributed by atoms with Gasteiger partial charge in [-0.1, -0.05) is 13.3 Å². The van der Waals surface area contributed by atoms with Crippen LogP contribution < -0.4 is 0 Å². The molecule has 0 bridgehead atoms. The van der Waals surface area contributed by atoms with Crippen LogP contribution >= 0.6 is 0 Å². The van der Waals surface area contributed by atoms with Gasteiger partial charge in [-0.05, 0) is 43.1 Å². The Balaban J connectivity index is 2.27. The van der Waals surface area contributed by atoms with E-state index in [1.165, 1.54) is 44.6 Å². The van der Waals surface area contributed by atoms with Crippen molar-refractivity contribution in [1.29, 1.82) is 0 Å². The number of esters is 1. The lowest BCUT2D eigenvalue weighted by Gasteiger charge is -2.40. The quantitative estimate of drug-likeness (QED) is 0.616. The summed E-state index contributed by atoms with van der Waals surface area (Å²) in [6, 6.07) is 0. The summed E-state index contributed by atoms with van der Waals surface area (Å²) in [4.78, 5) is 11.0. The molecule has 0 spiro atoms. The zero-order valence-corrected chi connectivity index (χ0v) is 9.77. The van der Waals surface area contributed by atoms with Gasteiger partial charge in [-0.15, -0.1) is 0 Å². The van der Waals surface area contributed by atoms with E-state index in [0.717, 1.165) is 18.6 Å². The van der Waals surface area contributed by atoms with E-state index in [0.29, 0.717) is 5.41 Å². The summed E-state index contributed by atoms with van der Waals surface area (Å²) in [5.74, 6) is 0.836. The standard InChI is InChI=1S/C13H20O2/c1-10(14)15-12-7-5-9-13(2)8-4-3-6-11(12)13/h3-9H2,1-2H3. The molecule has 84 valence electrons. The molecule has 2 aliphatic rings. The minimum absolute atomic E-state index is 0.160. The molecule has 0 N–H and O–H groups in total. The van der Waals surface area contributed by atoms with Crippen LogP contribution in [0.3, 0.4) is 0 Å². The van der Waals surface area contributed by atoms with E-state index in [-0.39, 0.29) is 5.97 Å². The zero-order chi connectivity index (χ0) is 10.9. The molecular weight excluding hydrogens is 188 g/mol. The Morgan fingerprint density at radius 2 is 1.93 bits per heavy atom. The molecule has 0 aromatic rings. The molecule has 0 radical (unpaired) electrons. The van der Waals surface area contributed by atoms with Gasteiger partial charge in [0.2, 0.25) is 0 Å².